The second-order valence-corrected chi connectivity index (χ2v) is 3.40. The molecule has 5 heteroatoms. The van der Waals surface area contributed by atoms with Crippen molar-refractivity contribution in [3.8, 4) is 0 Å². The van der Waals surface area contributed by atoms with E-state index in [4.69, 9.17) is 5.84 Å². The highest BCUT2D eigenvalue weighted by Crippen LogP contribution is 2.16. The summed E-state index contributed by atoms with van der Waals surface area (Å²) < 4.78 is 0. The van der Waals surface area contributed by atoms with Crippen molar-refractivity contribution < 1.29 is 0 Å². The van der Waals surface area contributed by atoms with E-state index in [0.29, 0.717) is 0 Å². The first-order valence-electron chi connectivity index (χ1n) is 4.18. The van der Waals surface area contributed by atoms with Gasteiger partial charge in [-0.15, -0.1) is 0 Å². The SMILES string of the molecule is CCCc1cnc(SC)nc1NN. The Kier molecular flexibility index (Phi) is 3.98. The summed E-state index contributed by atoms with van der Waals surface area (Å²) >= 11 is 1.51. The Morgan fingerprint density at radius 3 is 2.92 bits per heavy atom. The maximum absolute atomic E-state index is 5.35. The summed E-state index contributed by atoms with van der Waals surface area (Å²) in [7, 11) is 0. The van der Waals surface area contributed by atoms with Crippen LogP contribution < -0.4 is 11.3 Å². The number of nitrogens with one attached hydrogen (secondary N) is 1. The fourth-order valence-corrected chi connectivity index (χ4v) is 1.41. The van der Waals surface area contributed by atoms with Crippen LogP contribution in [0.1, 0.15) is 18.9 Å². The van der Waals surface area contributed by atoms with Gasteiger partial charge in [-0.2, -0.15) is 0 Å². The summed E-state index contributed by atoms with van der Waals surface area (Å²) in [4.78, 5) is 8.42. The number of rotatable bonds is 4. The second kappa shape index (κ2) is 5.04. The Morgan fingerprint density at radius 1 is 1.62 bits per heavy atom. The van der Waals surface area contributed by atoms with Crippen molar-refractivity contribution in [1.82, 2.24) is 9.97 Å². The maximum Gasteiger partial charge on any atom is 0.189 e. The van der Waals surface area contributed by atoms with Crippen LogP contribution >= 0.6 is 11.8 Å². The van der Waals surface area contributed by atoms with Crippen LogP contribution in [0.5, 0.6) is 0 Å². The molecule has 0 unspecified atom stereocenters. The summed E-state index contributed by atoms with van der Waals surface area (Å²) in [6, 6.07) is 0. The summed E-state index contributed by atoms with van der Waals surface area (Å²) in [5.74, 6) is 6.09. The zero-order valence-corrected chi connectivity index (χ0v) is 8.69. The van der Waals surface area contributed by atoms with E-state index in [9.17, 15) is 0 Å². The van der Waals surface area contributed by atoms with Gasteiger partial charge in [0.2, 0.25) is 0 Å². The minimum Gasteiger partial charge on any atom is -0.308 e. The summed E-state index contributed by atoms with van der Waals surface area (Å²) in [6.07, 6.45) is 5.79. The number of thioether (sulfide) groups is 1. The monoisotopic (exact) mass is 198 g/mol. The third-order valence-corrected chi connectivity index (χ3v) is 2.24. The average molecular weight is 198 g/mol. The third kappa shape index (κ3) is 2.57. The van der Waals surface area contributed by atoms with Crippen molar-refractivity contribution in [2.24, 2.45) is 5.84 Å². The fourth-order valence-electron chi connectivity index (χ4n) is 1.07. The van der Waals surface area contributed by atoms with Gasteiger partial charge in [0.1, 0.15) is 5.82 Å². The number of hydrazine groups is 1. The highest BCUT2D eigenvalue weighted by molar-refractivity contribution is 7.98. The third-order valence-electron chi connectivity index (χ3n) is 1.68. The van der Waals surface area contributed by atoms with Crippen LogP contribution in [0, 0.1) is 0 Å². The van der Waals surface area contributed by atoms with Gasteiger partial charge in [-0.3, -0.25) is 0 Å². The van der Waals surface area contributed by atoms with Gasteiger partial charge in [0.15, 0.2) is 5.16 Å². The Balaban J connectivity index is 2.93. The number of nitrogens with two attached hydrogens (primary N) is 1. The molecule has 1 heterocycles. The lowest BCUT2D eigenvalue weighted by atomic mass is 10.2. The molecule has 0 amide bonds. The van der Waals surface area contributed by atoms with E-state index in [0.717, 1.165) is 29.4 Å². The molecule has 0 aliphatic heterocycles. The van der Waals surface area contributed by atoms with E-state index in [2.05, 4.69) is 22.3 Å². The normalized spacial score (nSPS) is 10.1. The van der Waals surface area contributed by atoms with Crippen LogP contribution in [0.3, 0.4) is 0 Å². The Labute approximate surface area is 82.3 Å². The topological polar surface area (TPSA) is 63.8 Å². The molecule has 72 valence electrons. The molecule has 1 aromatic rings. The van der Waals surface area contributed by atoms with Crippen LogP contribution in [0.2, 0.25) is 0 Å². The highest BCUT2D eigenvalue weighted by Gasteiger charge is 2.03. The standard InChI is InChI=1S/C8H14N4S/c1-3-4-6-5-10-8(13-2)11-7(6)12-9/h5H,3-4,9H2,1-2H3,(H,10,11,12). The average Bonchev–Trinajstić information content (AvgIpc) is 2.19. The number of hydrogen-bond acceptors (Lipinski definition) is 5. The van der Waals surface area contributed by atoms with Gasteiger partial charge in [0.25, 0.3) is 0 Å². The highest BCUT2D eigenvalue weighted by atomic mass is 32.2. The van der Waals surface area contributed by atoms with E-state index in [1.165, 1.54) is 11.8 Å². The Morgan fingerprint density at radius 2 is 2.38 bits per heavy atom. The van der Waals surface area contributed by atoms with Gasteiger partial charge in [-0.1, -0.05) is 25.1 Å². The van der Waals surface area contributed by atoms with Crippen molar-refractivity contribution in [2.45, 2.75) is 24.9 Å². The first-order chi connectivity index (χ1) is 6.31. The van der Waals surface area contributed by atoms with Crippen LogP contribution in [0.15, 0.2) is 11.4 Å². The molecule has 1 aromatic heterocycles. The van der Waals surface area contributed by atoms with Crippen molar-refractivity contribution >= 4 is 17.6 Å². The summed E-state index contributed by atoms with van der Waals surface area (Å²) in [5, 5.41) is 0.743. The lowest BCUT2D eigenvalue weighted by Gasteiger charge is -2.06. The second-order valence-electron chi connectivity index (χ2n) is 2.62. The maximum atomic E-state index is 5.35. The van der Waals surface area contributed by atoms with E-state index >= 15 is 0 Å². The van der Waals surface area contributed by atoms with Crippen LogP contribution in [-0.4, -0.2) is 16.2 Å². The summed E-state index contributed by atoms with van der Waals surface area (Å²) in [5.41, 5.74) is 3.66. The fraction of sp³-hybridized carbons (Fsp3) is 0.500. The molecular formula is C8H14N4S. The number of hydrogen-bond donors (Lipinski definition) is 2. The molecule has 1 rings (SSSR count). The Bertz CT molecular complexity index is 277. The van der Waals surface area contributed by atoms with Crippen molar-refractivity contribution in [3.05, 3.63) is 11.8 Å². The van der Waals surface area contributed by atoms with Crippen molar-refractivity contribution in [2.75, 3.05) is 11.7 Å². The molecule has 0 bridgehead atoms. The number of nitrogens with zero attached hydrogens (tertiary/aromatic N) is 2. The van der Waals surface area contributed by atoms with Crippen LogP contribution in [0.4, 0.5) is 5.82 Å². The molecule has 0 saturated carbocycles. The van der Waals surface area contributed by atoms with Gasteiger partial charge in [0.05, 0.1) is 0 Å². The molecule has 0 aliphatic carbocycles. The number of anilines is 1. The van der Waals surface area contributed by atoms with Crippen molar-refractivity contribution in [3.63, 3.8) is 0 Å². The minimum absolute atomic E-state index is 0.737. The van der Waals surface area contributed by atoms with Crippen LogP contribution in [-0.2, 0) is 6.42 Å². The quantitative estimate of drug-likeness (QED) is 0.332. The van der Waals surface area contributed by atoms with Gasteiger partial charge < -0.3 is 5.43 Å². The molecular weight excluding hydrogens is 184 g/mol. The predicted octanol–water partition coefficient (Wildman–Crippen LogP) is 1.44. The van der Waals surface area contributed by atoms with Gasteiger partial charge in [-0.05, 0) is 12.7 Å². The first kappa shape index (κ1) is 10.3. The van der Waals surface area contributed by atoms with Gasteiger partial charge >= 0.3 is 0 Å². The number of aromatic nitrogens is 2. The predicted molar refractivity (Wildman–Crippen MR) is 55.6 cm³/mol. The molecule has 0 atom stereocenters. The largest absolute Gasteiger partial charge is 0.308 e. The lowest BCUT2D eigenvalue weighted by molar-refractivity contribution is 0.868. The molecule has 0 fully saturated rings. The summed E-state index contributed by atoms with van der Waals surface area (Å²) in [6.45, 7) is 2.11. The number of nitrogen functional groups attached to an aromatic ring is 1. The molecule has 0 aromatic carbocycles. The number of aryl methyl sites for hydroxylation is 1. The van der Waals surface area contributed by atoms with Gasteiger partial charge in [-0.25, -0.2) is 15.8 Å². The molecule has 0 aliphatic rings. The molecule has 13 heavy (non-hydrogen) atoms. The minimum atomic E-state index is 0.737. The molecule has 3 N–H and O–H groups in total. The molecule has 0 saturated heterocycles. The van der Waals surface area contributed by atoms with E-state index in [1.54, 1.807) is 0 Å². The first-order valence-corrected chi connectivity index (χ1v) is 5.40. The lowest BCUT2D eigenvalue weighted by Crippen LogP contribution is -2.12. The zero-order chi connectivity index (χ0) is 9.68. The smallest absolute Gasteiger partial charge is 0.189 e. The zero-order valence-electron chi connectivity index (χ0n) is 7.87. The van der Waals surface area contributed by atoms with E-state index in [1.807, 2.05) is 12.5 Å². The van der Waals surface area contributed by atoms with Crippen LogP contribution in [0.25, 0.3) is 0 Å². The van der Waals surface area contributed by atoms with E-state index < -0.39 is 0 Å². The molecule has 4 nitrogen and oxygen atoms in total. The Hall–Kier alpha value is -0.810. The van der Waals surface area contributed by atoms with Crippen molar-refractivity contribution in [1.29, 1.82) is 0 Å². The molecule has 0 radical (unpaired) electrons. The van der Waals surface area contributed by atoms with Gasteiger partial charge in [0, 0.05) is 11.8 Å². The van der Waals surface area contributed by atoms with E-state index in [-0.39, 0.29) is 0 Å². The molecule has 0 spiro atoms.